The number of likely N-dealkylation sites (tertiary alicyclic amines) is 1. The van der Waals surface area contributed by atoms with Crippen molar-refractivity contribution in [1.82, 2.24) is 20.5 Å². The van der Waals surface area contributed by atoms with Crippen LogP contribution in [-0.4, -0.2) is 60.8 Å². The summed E-state index contributed by atoms with van der Waals surface area (Å²) in [5, 5.41) is 7.14. The summed E-state index contributed by atoms with van der Waals surface area (Å²) in [4.78, 5) is 11.9. The van der Waals surface area contributed by atoms with Gasteiger partial charge in [-0.15, -0.1) is 0 Å². The molecule has 0 spiro atoms. The largest absolute Gasteiger partial charge is 0.377 e. The van der Waals surface area contributed by atoms with E-state index in [2.05, 4.69) is 60.3 Å². The van der Waals surface area contributed by atoms with E-state index in [4.69, 9.17) is 9.73 Å². The van der Waals surface area contributed by atoms with E-state index in [1.807, 2.05) is 12.3 Å². The number of hydrogen-bond acceptors (Lipinski definition) is 4. The molecule has 1 aromatic rings. The van der Waals surface area contributed by atoms with Gasteiger partial charge in [0.2, 0.25) is 0 Å². The van der Waals surface area contributed by atoms with Gasteiger partial charge in [0.25, 0.3) is 0 Å². The maximum atomic E-state index is 6.14. The maximum absolute atomic E-state index is 6.14. The predicted octanol–water partition coefficient (Wildman–Crippen LogP) is 3.44. The second kappa shape index (κ2) is 11.1. The molecule has 2 N–H and O–H groups in total. The van der Waals surface area contributed by atoms with Crippen LogP contribution in [-0.2, 0) is 11.3 Å². The summed E-state index contributed by atoms with van der Waals surface area (Å²) < 4.78 is 6.14. The molecule has 1 aromatic heterocycles. The molecular weight excluding hydrogens is 374 g/mol. The van der Waals surface area contributed by atoms with E-state index in [-0.39, 0.29) is 11.5 Å². The van der Waals surface area contributed by atoms with Crippen molar-refractivity contribution in [2.75, 3.05) is 32.8 Å². The standard InChI is InChI=1S/C24H41N5O/c1-5-25-23(27-17-19-9-8-16-30-22(19)24(2,3)4)28-20-11-14-29(15-12-20)18-21-10-6-7-13-26-21/h6-7,10,13,19-20,22H,5,8-9,11-12,14-18H2,1-4H3,(H2,25,27,28). The molecule has 2 atom stereocenters. The van der Waals surface area contributed by atoms with Gasteiger partial charge in [-0.2, -0.15) is 0 Å². The van der Waals surface area contributed by atoms with Gasteiger partial charge in [-0.1, -0.05) is 26.8 Å². The molecule has 0 radical (unpaired) electrons. The number of aliphatic imine (C=N–C) groups is 1. The monoisotopic (exact) mass is 415 g/mol. The topological polar surface area (TPSA) is 61.8 Å². The predicted molar refractivity (Wildman–Crippen MR) is 124 cm³/mol. The maximum Gasteiger partial charge on any atom is 0.191 e. The average Bonchev–Trinajstić information content (AvgIpc) is 2.74. The lowest BCUT2D eigenvalue weighted by molar-refractivity contribution is -0.0823. The molecule has 0 aromatic carbocycles. The Bertz CT molecular complexity index is 649. The highest BCUT2D eigenvalue weighted by molar-refractivity contribution is 5.80. The Kier molecular flexibility index (Phi) is 8.51. The third kappa shape index (κ3) is 6.95. The lowest BCUT2D eigenvalue weighted by Crippen LogP contribution is -2.49. The van der Waals surface area contributed by atoms with E-state index in [1.54, 1.807) is 0 Å². The van der Waals surface area contributed by atoms with Crippen molar-refractivity contribution in [3.05, 3.63) is 30.1 Å². The fourth-order valence-electron chi connectivity index (χ4n) is 4.67. The average molecular weight is 416 g/mol. The molecule has 2 saturated heterocycles. The van der Waals surface area contributed by atoms with E-state index < -0.39 is 0 Å². The SMILES string of the molecule is CCNC(=NCC1CCCOC1C(C)(C)C)NC1CCN(Cc2ccccn2)CC1. The van der Waals surface area contributed by atoms with Crippen molar-refractivity contribution < 1.29 is 4.74 Å². The Morgan fingerprint density at radius 3 is 2.70 bits per heavy atom. The molecule has 2 aliphatic heterocycles. The number of pyridine rings is 1. The van der Waals surface area contributed by atoms with Crippen molar-refractivity contribution >= 4 is 5.96 Å². The number of hydrogen-bond donors (Lipinski definition) is 2. The first-order valence-corrected chi connectivity index (χ1v) is 11.7. The molecule has 2 aliphatic rings. The van der Waals surface area contributed by atoms with Crippen molar-refractivity contribution in [1.29, 1.82) is 0 Å². The lowest BCUT2D eigenvalue weighted by atomic mass is 9.78. The molecule has 0 amide bonds. The van der Waals surface area contributed by atoms with Crippen molar-refractivity contribution in [2.45, 2.75) is 72.1 Å². The van der Waals surface area contributed by atoms with Gasteiger partial charge in [0.1, 0.15) is 0 Å². The molecular formula is C24H41N5O. The Morgan fingerprint density at radius 1 is 1.23 bits per heavy atom. The lowest BCUT2D eigenvalue weighted by Gasteiger charge is -2.39. The highest BCUT2D eigenvalue weighted by Gasteiger charge is 2.35. The number of aromatic nitrogens is 1. The summed E-state index contributed by atoms with van der Waals surface area (Å²) >= 11 is 0. The van der Waals surface area contributed by atoms with E-state index >= 15 is 0 Å². The highest BCUT2D eigenvalue weighted by Crippen LogP contribution is 2.34. The molecule has 3 rings (SSSR count). The van der Waals surface area contributed by atoms with Gasteiger partial charge in [-0.05, 0) is 50.2 Å². The van der Waals surface area contributed by atoms with Crippen molar-refractivity contribution in [2.24, 2.45) is 16.3 Å². The van der Waals surface area contributed by atoms with Gasteiger partial charge in [0.15, 0.2) is 5.96 Å². The molecule has 2 unspecified atom stereocenters. The summed E-state index contributed by atoms with van der Waals surface area (Å²) in [6.07, 6.45) is 6.78. The van der Waals surface area contributed by atoms with Gasteiger partial charge in [-0.3, -0.25) is 14.9 Å². The van der Waals surface area contributed by atoms with Crippen LogP contribution in [0.1, 0.15) is 59.1 Å². The summed E-state index contributed by atoms with van der Waals surface area (Å²) in [6.45, 7) is 14.7. The van der Waals surface area contributed by atoms with Crippen LogP contribution in [0.25, 0.3) is 0 Å². The van der Waals surface area contributed by atoms with Crippen LogP contribution < -0.4 is 10.6 Å². The molecule has 168 valence electrons. The Hall–Kier alpha value is -1.66. The fourth-order valence-corrected chi connectivity index (χ4v) is 4.67. The number of piperidine rings is 1. The Balaban J connectivity index is 1.50. The number of nitrogens with zero attached hydrogens (tertiary/aromatic N) is 3. The first-order chi connectivity index (χ1) is 14.5. The summed E-state index contributed by atoms with van der Waals surface area (Å²) in [5.74, 6) is 1.45. The van der Waals surface area contributed by atoms with Crippen LogP contribution in [0.4, 0.5) is 0 Å². The first-order valence-electron chi connectivity index (χ1n) is 11.7. The van der Waals surface area contributed by atoms with E-state index in [1.165, 1.54) is 6.42 Å². The number of rotatable bonds is 6. The second-order valence-corrected chi connectivity index (χ2v) is 9.80. The van der Waals surface area contributed by atoms with E-state index in [0.29, 0.717) is 12.0 Å². The summed E-state index contributed by atoms with van der Waals surface area (Å²) in [6, 6.07) is 6.63. The van der Waals surface area contributed by atoms with Crippen molar-refractivity contribution in [3.63, 3.8) is 0 Å². The number of guanidine groups is 1. The normalized spacial score (nSPS) is 24.6. The molecule has 6 heteroatoms. The van der Waals surface area contributed by atoms with Crippen LogP contribution in [0.15, 0.2) is 29.4 Å². The highest BCUT2D eigenvalue weighted by atomic mass is 16.5. The van der Waals surface area contributed by atoms with Gasteiger partial charge in [0, 0.05) is 57.5 Å². The van der Waals surface area contributed by atoms with Crippen LogP contribution in [0.2, 0.25) is 0 Å². The molecule has 0 aliphatic carbocycles. The van der Waals surface area contributed by atoms with Gasteiger partial charge in [0.05, 0.1) is 11.8 Å². The smallest absolute Gasteiger partial charge is 0.191 e. The van der Waals surface area contributed by atoms with Crippen LogP contribution in [0.3, 0.4) is 0 Å². The minimum Gasteiger partial charge on any atom is -0.377 e. The summed E-state index contributed by atoms with van der Waals surface area (Å²) in [7, 11) is 0. The number of nitrogens with one attached hydrogen (secondary N) is 2. The minimum absolute atomic E-state index is 0.160. The fraction of sp³-hybridized carbons (Fsp3) is 0.750. The van der Waals surface area contributed by atoms with Gasteiger partial charge < -0.3 is 15.4 Å². The zero-order chi connectivity index (χ0) is 21.4. The molecule has 0 saturated carbocycles. The molecule has 2 fully saturated rings. The van der Waals surface area contributed by atoms with Crippen LogP contribution in [0, 0.1) is 11.3 Å². The van der Waals surface area contributed by atoms with Crippen LogP contribution >= 0.6 is 0 Å². The van der Waals surface area contributed by atoms with Crippen LogP contribution in [0.5, 0.6) is 0 Å². The third-order valence-electron chi connectivity index (χ3n) is 6.17. The Labute approximate surface area is 182 Å². The number of ether oxygens (including phenoxy) is 1. The third-order valence-corrected chi connectivity index (χ3v) is 6.17. The quantitative estimate of drug-likeness (QED) is 0.550. The summed E-state index contributed by atoms with van der Waals surface area (Å²) in [5.41, 5.74) is 1.31. The molecule has 0 bridgehead atoms. The van der Waals surface area contributed by atoms with Crippen molar-refractivity contribution in [3.8, 4) is 0 Å². The van der Waals surface area contributed by atoms with E-state index in [9.17, 15) is 0 Å². The minimum atomic E-state index is 0.160. The first kappa shape index (κ1) is 23.0. The molecule has 3 heterocycles. The Morgan fingerprint density at radius 2 is 2.03 bits per heavy atom. The molecule has 30 heavy (non-hydrogen) atoms. The van der Waals surface area contributed by atoms with E-state index in [0.717, 1.165) is 70.2 Å². The van der Waals surface area contributed by atoms with Gasteiger partial charge in [-0.25, -0.2) is 0 Å². The van der Waals surface area contributed by atoms with Gasteiger partial charge >= 0.3 is 0 Å². The zero-order valence-corrected chi connectivity index (χ0v) is 19.4. The molecule has 6 nitrogen and oxygen atoms in total. The second-order valence-electron chi connectivity index (χ2n) is 9.80. The zero-order valence-electron chi connectivity index (χ0n) is 19.4.